The number of nitrogens with one attached hydrogen (secondary N) is 1. The Balaban J connectivity index is 1.96. The number of halogens is 2. The highest BCUT2D eigenvalue weighted by molar-refractivity contribution is 5.92. The van der Waals surface area contributed by atoms with Gasteiger partial charge in [0.25, 0.3) is 5.91 Å². The molecule has 0 bridgehead atoms. The van der Waals surface area contributed by atoms with Crippen LogP contribution in [0, 0.1) is 11.6 Å². The molecule has 4 nitrogen and oxygen atoms in total. The Labute approximate surface area is 120 Å². The quantitative estimate of drug-likeness (QED) is 0.889. The van der Waals surface area contributed by atoms with Crippen LogP contribution in [0.1, 0.15) is 5.56 Å². The van der Waals surface area contributed by atoms with E-state index in [1.165, 1.54) is 0 Å². The van der Waals surface area contributed by atoms with Gasteiger partial charge in [-0.2, -0.15) is 0 Å². The highest BCUT2D eigenvalue weighted by Gasteiger charge is 2.09. The summed E-state index contributed by atoms with van der Waals surface area (Å²) in [7, 11) is 0. The number of benzene rings is 2. The highest BCUT2D eigenvalue weighted by Crippen LogP contribution is 2.18. The van der Waals surface area contributed by atoms with Gasteiger partial charge in [-0.3, -0.25) is 4.79 Å². The van der Waals surface area contributed by atoms with Crippen LogP contribution in [0.4, 0.5) is 14.5 Å². The van der Waals surface area contributed by atoms with Crippen LogP contribution in [0.2, 0.25) is 0 Å². The summed E-state index contributed by atoms with van der Waals surface area (Å²) in [6.45, 7) is -0.0157. The van der Waals surface area contributed by atoms with E-state index in [0.717, 1.165) is 17.7 Å². The average Bonchev–Trinajstić information content (AvgIpc) is 2.48. The summed E-state index contributed by atoms with van der Waals surface area (Å²) < 4.78 is 31.5. The van der Waals surface area contributed by atoms with E-state index < -0.39 is 17.5 Å². The molecule has 0 heterocycles. The van der Waals surface area contributed by atoms with Gasteiger partial charge in [-0.25, -0.2) is 8.78 Å². The normalized spacial score (nSPS) is 10.2. The van der Waals surface area contributed by atoms with E-state index in [-0.39, 0.29) is 18.8 Å². The van der Waals surface area contributed by atoms with Crippen LogP contribution in [-0.4, -0.2) is 12.5 Å². The molecule has 2 rings (SSSR count). The van der Waals surface area contributed by atoms with Crippen LogP contribution in [0.5, 0.6) is 5.75 Å². The molecule has 0 aliphatic rings. The molecule has 0 atom stereocenters. The Morgan fingerprint density at radius 2 is 1.95 bits per heavy atom. The molecule has 2 aromatic rings. The van der Waals surface area contributed by atoms with Crippen molar-refractivity contribution in [3.63, 3.8) is 0 Å². The summed E-state index contributed by atoms with van der Waals surface area (Å²) in [5, 5.41) is 2.31. The standard InChI is InChI=1S/C15H14F2N2O2/c16-11-5-6-13(12(17)7-11)19-15(20)9-21-14-4-2-1-3-10(14)8-18/h1-7H,8-9,18H2,(H,19,20). The molecule has 0 aliphatic carbocycles. The molecule has 0 unspecified atom stereocenters. The summed E-state index contributed by atoms with van der Waals surface area (Å²) >= 11 is 0. The molecule has 6 heteroatoms. The minimum Gasteiger partial charge on any atom is -0.483 e. The molecule has 3 N–H and O–H groups in total. The molecule has 110 valence electrons. The summed E-state index contributed by atoms with van der Waals surface area (Å²) in [6.07, 6.45) is 0. The Morgan fingerprint density at radius 1 is 1.19 bits per heavy atom. The lowest BCUT2D eigenvalue weighted by atomic mass is 10.2. The van der Waals surface area contributed by atoms with Crippen molar-refractivity contribution >= 4 is 11.6 Å². The maximum atomic E-state index is 13.4. The molecule has 0 spiro atoms. The van der Waals surface area contributed by atoms with Gasteiger partial charge in [-0.05, 0) is 18.2 Å². The average molecular weight is 292 g/mol. The maximum Gasteiger partial charge on any atom is 0.262 e. The lowest BCUT2D eigenvalue weighted by molar-refractivity contribution is -0.118. The summed E-state index contributed by atoms with van der Waals surface area (Å²) in [4.78, 5) is 11.7. The van der Waals surface area contributed by atoms with Crippen molar-refractivity contribution < 1.29 is 18.3 Å². The smallest absolute Gasteiger partial charge is 0.262 e. The molecule has 0 fully saturated rings. The molecule has 0 saturated heterocycles. The summed E-state index contributed by atoms with van der Waals surface area (Å²) in [5.74, 6) is -1.61. The Hall–Kier alpha value is -2.47. The van der Waals surface area contributed by atoms with E-state index in [1.54, 1.807) is 18.2 Å². The monoisotopic (exact) mass is 292 g/mol. The first-order chi connectivity index (χ1) is 10.1. The first-order valence-corrected chi connectivity index (χ1v) is 6.26. The van der Waals surface area contributed by atoms with E-state index in [4.69, 9.17) is 10.5 Å². The molecule has 2 aromatic carbocycles. The van der Waals surface area contributed by atoms with Gasteiger partial charge < -0.3 is 15.8 Å². The van der Waals surface area contributed by atoms with E-state index in [0.29, 0.717) is 11.8 Å². The van der Waals surface area contributed by atoms with Gasteiger partial charge in [0.2, 0.25) is 0 Å². The molecule has 0 saturated carbocycles. The van der Waals surface area contributed by atoms with E-state index in [2.05, 4.69) is 5.32 Å². The molecular formula is C15H14F2N2O2. The SMILES string of the molecule is NCc1ccccc1OCC(=O)Nc1ccc(F)cc1F. The van der Waals surface area contributed by atoms with Gasteiger partial charge >= 0.3 is 0 Å². The number of amides is 1. The van der Waals surface area contributed by atoms with Crippen molar-refractivity contribution in [3.05, 3.63) is 59.7 Å². The molecule has 0 aromatic heterocycles. The maximum absolute atomic E-state index is 13.4. The van der Waals surface area contributed by atoms with Gasteiger partial charge in [0, 0.05) is 18.2 Å². The van der Waals surface area contributed by atoms with E-state index in [1.807, 2.05) is 6.07 Å². The largest absolute Gasteiger partial charge is 0.483 e. The van der Waals surface area contributed by atoms with Crippen LogP contribution >= 0.6 is 0 Å². The number of anilines is 1. The summed E-state index contributed by atoms with van der Waals surface area (Å²) in [5.41, 5.74) is 6.21. The lowest BCUT2D eigenvalue weighted by Gasteiger charge is -2.10. The van der Waals surface area contributed by atoms with Crippen molar-refractivity contribution in [2.75, 3.05) is 11.9 Å². The second-order valence-electron chi connectivity index (χ2n) is 4.27. The third-order valence-corrected chi connectivity index (χ3v) is 2.76. The van der Waals surface area contributed by atoms with E-state index in [9.17, 15) is 13.6 Å². The third kappa shape index (κ3) is 4.00. The number of hydrogen-bond donors (Lipinski definition) is 2. The van der Waals surface area contributed by atoms with Gasteiger partial charge in [-0.15, -0.1) is 0 Å². The Kier molecular flexibility index (Phi) is 4.84. The third-order valence-electron chi connectivity index (χ3n) is 2.76. The van der Waals surface area contributed by atoms with Crippen molar-refractivity contribution in [2.24, 2.45) is 5.73 Å². The van der Waals surface area contributed by atoms with Crippen molar-refractivity contribution in [1.82, 2.24) is 0 Å². The van der Waals surface area contributed by atoms with Crippen LogP contribution < -0.4 is 15.8 Å². The molecule has 21 heavy (non-hydrogen) atoms. The van der Waals surface area contributed by atoms with Gasteiger partial charge in [0.1, 0.15) is 17.4 Å². The number of nitrogens with two attached hydrogens (primary N) is 1. The predicted molar refractivity (Wildman–Crippen MR) is 74.8 cm³/mol. The fourth-order valence-corrected chi connectivity index (χ4v) is 1.73. The second kappa shape index (κ2) is 6.81. The number of hydrogen-bond acceptors (Lipinski definition) is 3. The topological polar surface area (TPSA) is 64.3 Å². The zero-order valence-electron chi connectivity index (χ0n) is 11.1. The molecule has 1 amide bonds. The van der Waals surface area contributed by atoms with Gasteiger partial charge in [-0.1, -0.05) is 18.2 Å². The zero-order chi connectivity index (χ0) is 15.2. The fourth-order valence-electron chi connectivity index (χ4n) is 1.73. The van der Waals surface area contributed by atoms with Crippen molar-refractivity contribution in [3.8, 4) is 5.75 Å². The number of para-hydroxylation sites is 1. The highest BCUT2D eigenvalue weighted by atomic mass is 19.1. The Bertz CT molecular complexity index is 647. The second-order valence-corrected chi connectivity index (χ2v) is 4.27. The Morgan fingerprint density at radius 3 is 2.67 bits per heavy atom. The predicted octanol–water partition coefficient (Wildman–Crippen LogP) is 2.44. The lowest BCUT2D eigenvalue weighted by Crippen LogP contribution is -2.21. The van der Waals surface area contributed by atoms with Crippen LogP contribution in [0.3, 0.4) is 0 Å². The number of carbonyl (C=O) groups is 1. The number of rotatable bonds is 5. The first kappa shape index (κ1) is 14.9. The minimum absolute atomic E-state index is 0.0999. The van der Waals surface area contributed by atoms with Gasteiger partial charge in [0.05, 0.1) is 5.69 Å². The minimum atomic E-state index is -0.842. The zero-order valence-corrected chi connectivity index (χ0v) is 11.1. The summed E-state index contributed by atoms with van der Waals surface area (Å²) in [6, 6.07) is 9.94. The van der Waals surface area contributed by atoms with Gasteiger partial charge in [0.15, 0.2) is 6.61 Å². The fraction of sp³-hybridized carbons (Fsp3) is 0.133. The number of ether oxygens (including phenoxy) is 1. The van der Waals surface area contributed by atoms with Crippen LogP contribution in [-0.2, 0) is 11.3 Å². The number of carbonyl (C=O) groups excluding carboxylic acids is 1. The van der Waals surface area contributed by atoms with Crippen LogP contribution in [0.15, 0.2) is 42.5 Å². The molecule has 0 radical (unpaired) electrons. The van der Waals surface area contributed by atoms with Crippen molar-refractivity contribution in [1.29, 1.82) is 0 Å². The van der Waals surface area contributed by atoms with Crippen molar-refractivity contribution in [2.45, 2.75) is 6.54 Å². The first-order valence-electron chi connectivity index (χ1n) is 6.26. The molecular weight excluding hydrogens is 278 g/mol. The molecule has 0 aliphatic heterocycles. The van der Waals surface area contributed by atoms with E-state index >= 15 is 0 Å². The van der Waals surface area contributed by atoms with Crippen LogP contribution in [0.25, 0.3) is 0 Å².